The maximum atomic E-state index is 11.1. The second-order valence-corrected chi connectivity index (χ2v) is 7.27. The highest BCUT2D eigenvalue weighted by molar-refractivity contribution is 8.07. The summed E-state index contributed by atoms with van der Waals surface area (Å²) < 4.78 is 22.5. The monoisotopic (exact) mass is 384 g/mol. The van der Waals surface area contributed by atoms with Crippen molar-refractivity contribution in [1.82, 2.24) is 0 Å². The van der Waals surface area contributed by atoms with E-state index in [4.69, 9.17) is 18.9 Å². The van der Waals surface area contributed by atoms with Gasteiger partial charge in [0, 0.05) is 22.5 Å². The zero-order chi connectivity index (χ0) is 18.2. The highest BCUT2D eigenvalue weighted by atomic mass is 32.2. The number of aldehydes is 1. The lowest BCUT2D eigenvalue weighted by Gasteiger charge is -2.25. The van der Waals surface area contributed by atoms with Gasteiger partial charge in [0.15, 0.2) is 12.6 Å². The van der Waals surface area contributed by atoms with Crippen molar-refractivity contribution in [2.45, 2.75) is 19.3 Å². The summed E-state index contributed by atoms with van der Waals surface area (Å²) in [5.41, 5.74) is 1.96. The molecule has 2 rings (SSSR count). The minimum Gasteiger partial charge on any atom is -0.382 e. The average molecular weight is 385 g/mol. The fourth-order valence-electron chi connectivity index (χ4n) is 2.59. The molecule has 0 spiro atoms. The summed E-state index contributed by atoms with van der Waals surface area (Å²) in [7, 11) is 1.63. The molecule has 7 heteroatoms. The number of rotatable bonds is 10. The smallest absolute Gasteiger partial charge is 0.188 e. The van der Waals surface area contributed by atoms with Crippen molar-refractivity contribution >= 4 is 34.3 Å². The molecule has 0 N–H and O–H groups in total. The molecular weight excluding hydrogens is 360 g/mol. The van der Waals surface area contributed by atoms with Crippen molar-refractivity contribution in [2.24, 2.45) is 0 Å². The zero-order valence-electron chi connectivity index (χ0n) is 14.8. The molecule has 0 amide bonds. The van der Waals surface area contributed by atoms with Gasteiger partial charge in [-0.25, -0.2) is 0 Å². The number of carbonyl (C=O) groups is 1. The van der Waals surface area contributed by atoms with E-state index in [1.165, 1.54) is 11.3 Å². The van der Waals surface area contributed by atoms with Crippen LogP contribution in [0.25, 0.3) is 4.91 Å². The van der Waals surface area contributed by atoms with E-state index in [2.05, 4.69) is 6.58 Å². The van der Waals surface area contributed by atoms with E-state index in [1.54, 1.807) is 24.9 Å². The highest BCUT2D eigenvalue weighted by Crippen LogP contribution is 2.39. The topological polar surface area (TPSA) is 54.0 Å². The second kappa shape index (κ2) is 10.3. The van der Waals surface area contributed by atoms with Crippen LogP contribution in [0.15, 0.2) is 24.3 Å². The van der Waals surface area contributed by atoms with Gasteiger partial charge in [-0.3, -0.25) is 4.79 Å². The first-order valence-corrected chi connectivity index (χ1v) is 10.0. The third-order valence-electron chi connectivity index (χ3n) is 3.73. The third kappa shape index (κ3) is 5.03. The molecule has 25 heavy (non-hydrogen) atoms. The molecule has 0 aromatic carbocycles. The Morgan fingerprint density at radius 1 is 1.48 bits per heavy atom. The minimum absolute atomic E-state index is 0.404. The summed E-state index contributed by atoms with van der Waals surface area (Å²) >= 11 is 3.07. The number of carbonyl (C=O) groups excluding carboxylic acids is 1. The molecule has 5 nitrogen and oxygen atoms in total. The average Bonchev–Trinajstić information content (AvgIpc) is 3.27. The summed E-state index contributed by atoms with van der Waals surface area (Å²) in [4.78, 5) is 13.9. The Hall–Kier alpha value is -0.960. The van der Waals surface area contributed by atoms with E-state index < -0.39 is 12.4 Å². The number of methoxy groups -OCH3 is 1. The van der Waals surface area contributed by atoms with Crippen molar-refractivity contribution in [3.05, 3.63) is 39.6 Å². The molecule has 138 valence electrons. The van der Waals surface area contributed by atoms with Crippen LogP contribution >= 0.6 is 23.1 Å². The molecule has 1 fully saturated rings. The molecule has 1 aliphatic heterocycles. The van der Waals surface area contributed by atoms with Crippen LogP contribution in [0.1, 0.15) is 20.1 Å². The van der Waals surface area contributed by atoms with Gasteiger partial charge >= 0.3 is 0 Å². The molecule has 0 aliphatic carbocycles. The van der Waals surface area contributed by atoms with Gasteiger partial charge in [-0.2, -0.15) is 0 Å². The summed E-state index contributed by atoms with van der Waals surface area (Å²) in [6.07, 6.45) is 3.79. The van der Waals surface area contributed by atoms with Crippen molar-refractivity contribution in [1.29, 1.82) is 0 Å². The number of thiophene rings is 1. The standard InChI is InChI=1S/C18H24O5S2/c1-5-14(15(21-7-6-20-3)18-22-8-9-23-18)17(24-4)16-12(2)10-13(11-19)25-16/h5,10-11,15,18H,1,6-9H2,2-4H3/b17-14+. The number of aryl methyl sites for hydroxylation is 1. The fraction of sp³-hybridized carbons (Fsp3) is 0.500. The first kappa shape index (κ1) is 20.4. The van der Waals surface area contributed by atoms with Crippen molar-refractivity contribution in [3.63, 3.8) is 0 Å². The predicted octanol–water partition coefficient (Wildman–Crippen LogP) is 3.53. The Bertz CT molecular complexity index is 617. The highest BCUT2D eigenvalue weighted by Gasteiger charge is 2.32. The van der Waals surface area contributed by atoms with E-state index in [-0.39, 0.29) is 0 Å². The van der Waals surface area contributed by atoms with Crippen LogP contribution in [0.3, 0.4) is 0 Å². The summed E-state index contributed by atoms with van der Waals surface area (Å²) in [5.74, 6) is 0. The maximum absolute atomic E-state index is 11.1. The van der Waals surface area contributed by atoms with Gasteiger partial charge in [-0.1, -0.05) is 12.7 Å². The van der Waals surface area contributed by atoms with Crippen molar-refractivity contribution < 1.29 is 23.7 Å². The number of hydrogen-bond acceptors (Lipinski definition) is 7. The van der Waals surface area contributed by atoms with E-state index in [1.807, 2.05) is 19.2 Å². The SMILES string of the molecule is C=C/C(=C(\SC)c1sc(C=O)cc1C)C(OCCOC)C1OCCO1. The molecule has 1 saturated heterocycles. The first-order chi connectivity index (χ1) is 12.2. The lowest BCUT2D eigenvalue weighted by Crippen LogP contribution is -2.33. The zero-order valence-corrected chi connectivity index (χ0v) is 16.4. The minimum atomic E-state index is -0.474. The van der Waals surface area contributed by atoms with E-state index in [9.17, 15) is 4.79 Å². The molecule has 1 aliphatic rings. The van der Waals surface area contributed by atoms with Crippen molar-refractivity contribution in [3.8, 4) is 0 Å². The Morgan fingerprint density at radius 3 is 2.72 bits per heavy atom. The molecule has 0 bridgehead atoms. The summed E-state index contributed by atoms with van der Waals surface area (Å²) in [6, 6.07) is 1.90. The van der Waals surface area contributed by atoms with E-state index >= 15 is 0 Å². The van der Waals surface area contributed by atoms with Gasteiger partial charge in [-0.05, 0) is 24.8 Å². The van der Waals surface area contributed by atoms with Crippen LogP contribution in [-0.2, 0) is 18.9 Å². The van der Waals surface area contributed by atoms with Crippen LogP contribution in [0.2, 0.25) is 0 Å². The van der Waals surface area contributed by atoms with Gasteiger partial charge < -0.3 is 18.9 Å². The molecule has 2 heterocycles. The van der Waals surface area contributed by atoms with Crippen molar-refractivity contribution in [2.75, 3.05) is 39.8 Å². The quantitative estimate of drug-likeness (QED) is 0.349. The Labute approximate surface area is 157 Å². The lowest BCUT2D eigenvalue weighted by atomic mass is 10.1. The van der Waals surface area contributed by atoms with Gasteiger partial charge in [0.1, 0.15) is 6.10 Å². The van der Waals surface area contributed by atoms with Gasteiger partial charge in [0.25, 0.3) is 0 Å². The fourth-order valence-corrected chi connectivity index (χ4v) is 4.70. The number of hydrogen-bond donors (Lipinski definition) is 0. The molecule has 1 atom stereocenters. The predicted molar refractivity (Wildman–Crippen MR) is 102 cm³/mol. The van der Waals surface area contributed by atoms with Crippen LogP contribution in [0.5, 0.6) is 0 Å². The van der Waals surface area contributed by atoms with Crippen LogP contribution in [0.4, 0.5) is 0 Å². The Morgan fingerprint density at radius 2 is 2.20 bits per heavy atom. The molecule has 0 radical (unpaired) electrons. The summed E-state index contributed by atoms with van der Waals surface area (Å²) in [5, 5.41) is 0. The molecule has 1 aromatic heterocycles. The lowest BCUT2D eigenvalue weighted by molar-refractivity contribution is -0.132. The number of ether oxygens (including phenoxy) is 4. The second-order valence-electron chi connectivity index (χ2n) is 5.37. The van der Waals surface area contributed by atoms with Crippen LogP contribution < -0.4 is 0 Å². The van der Waals surface area contributed by atoms with Gasteiger partial charge in [0.05, 0.1) is 31.3 Å². The molecule has 0 saturated carbocycles. The summed E-state index contributed by atoms with van der Waals surface area (Å²) in [6.45, 7) is 7.96. The van der Waals surface area contributed by atoms with E-state index in [0.717, 1.165) is 27.2 Å². The Kier molecular flexibility index (Phi) is 8.35. The van der Waals surface area contributed by atoms with Gasteiger partial charge in [-0.15, -0.1) is 23.1 Å². The molecular formula is C18H24O5S2. The molecule has 1 aromatic rings. The largest absolute Gasteiger partial charge is 0.382 e. The Balaban J connectivity index is 2.42. The first-order valence-electron chi connectivity index (χ1n) is 7.96. The molecule has 1 unspecified atom stereocenters. The maximum Gasteiger partial charge on any atom is 0.188 e. The number of thioether (sulfide) groups is 1. The third-order valence-corrected chi connectivity index (χ3v) is 5.89. The van der Waals surface area contributed by atoms with Gasteiger partial charge in [0.2, 0.25) is 0 Å². The van der Waals surface area contributed by atoms with Crippen LogP contribution in [0, 0.1) is 6.92 Å². The van der Waals surface area contributed by atoms with E-state index in [0.29, 0.717) is 31.3 Å². The van der Waals surface area contributed by atoms with Crippen LogP contribution in [-0.4, -0.2) is 58.5 Å². The normalized spacial score (nSPS) is 17.4.